The van der Waals surface area contributed by atoms with Gasteiger partial charge < -0.3 is 0 Å². The van der Waals surface area contributed by atoms with E-state index in [2.05, 4.69) is 96.4 Å². The molecule has 2 aromatic heterocycles. The van der Waals surface area contributed by atoms with Gasteiger partial charge in [-0.05, 0) is 12.5 Å². The highest BCUT2D eigenvalue weighted by atomic mass is 32.1. The predicted molar refractivity (Wildman–Crippen MR) is 114 cm³/mol. The fraction of sp³-hybridized carbons (Fsp3) is 0.0417. The zero-order valence-corrected chi connectivity index (χ0v) is 15.8. The molecule has 0 saturated carbocycles. The van der Waals surface area contributed by atoms with E-state index in [-0.39, 0.29) is 0 Å². The molecule has 0 bridgehead atoms. The Hall–Kier alpha value is -3.17. The molecular formula is C24H18N2S. The summed E-state index contributed by atoms with van der Waals surface area (Å²) in [5, 5.41) is 0. The normalized spacial score (nSPS) is 11.1. The van der Waals surface area contributed by atoms with Gasteiger partial charge >= 0.3 is 0 Å². The van der Waals surface area contributed by atoms with Gasteiger partial charge in [-0.1, -0.05) is 102 Å². The van der Waals surface area contributed by atoms with E-state index >= 15 is 0 Å². The first-order chi connectivity index (χ1) is 13.3. The van der Waals surface area contributed by atoms with Crippen LogP contribution in [0.2, 0.25) is 0 Å². The van der Waals surface area contributed by atoms with Crippen LogP contribution in [0, 0.1) is 6.92 Å². The summed E-state index contributed by atoms with van der Waals surface area (Å²) in [4.78, 5) is 7.18. The lowest BCUT2D eigenvalue weighted by Crippen LogP contribution is -1.87. The summed E-state index contributed by atoms with van der Waals surface area (Å²) in [6.45, 7) is 2.12. The van der Waals surface area contributed by atoms with E-state index in [0.29, 0.717) is 0 Å². The Kier molecular flexibility index (Phi) is 3.88. The second kappa shape index (κ2) is 6.53. The maximum atomic E-state index is 4.91. The van der Waals surface area contributed by atoms with Gasteiger partial charge in [0.05, 0.1) is 16.3 Å². The molecule has 0 radical (unpaired) electrons. The number of benzene rings is 3. The predicted octanol–water partition coefficient (Wildman–Crippen LogP) is 6.71. The topological polar surface area (TPSA) is 17.3 Å². The summed E-state index contributed by atoms with van der Waals surface area (Å²) in [6, 6.07) is 29.7. The van der Waals surface area contributed by atoms with Crippen molar-refractivity contribution < 1.29 is 0 Å². The third-order valence-electron chi connectivity index (χ3n) is 4.75. The van der Waals surface area contributed by atoms with Crippen LogP contribution >= 0.6 is 11.3 Å². The van der Waals surface area contributed by atoms with E-state index in [9.17, 15) is 0 Å². The SMILES string of the molecule is Cc1ccc(-c2sc3nc(-c4ccccc4)cn3c2-c2ccccc2)cc1. The van der Waals surface area contributed by atoms with E-state index < -0.39 is 0 Å². The largest absolute Gasteiger partial charge is 0.289 e. The van der Waals surface area contributed by atoms with Crippen LogP contribution < -0.4 is 0 Å². The molecule has 5 aromatic rings. The molecule has 0 unspecified atom stereocenters. The van der Waals surface area contributed by atoms with Crippen molar-refractivity contribution in [3.63, 3.8) is 0 Å². The van der Waals surface area contributed by atoms with Gasteiger partial charge in [-0.15, -0.1) is 0 Å². The lowest BCUT2D eigenvalue weighted by Gasteiger charge is -2.06. The van der Waals surface area contributed by atoms with Gasteiger partial charge in [0.1, 0.15) is 0 Å². The Morgan fingerprint density at radius 2 is 1.33 bits per heavy atom. The molecule has 3 heteroatoms. The zero-order valence-electron chi connectivity index (χ0n) is 15.0. The number of nitrogens with zero attached hydrogens (tertiary/aromatic N) is 2. The molecule has 0 aliphatic rings. The lowest BCUT2D eigenvalue weighted by atomic mass is 10.1. The molecule has 2 heterocycles. The second-order valence-electron chi connectivity index (χ2n) is 6.66. The Labute approximate surface area is 162 Å². The molecule has 0 aliphatic heterocycles. The minimum atomic E-state index is 1.01. The van der Waals surface area contributed by atoms with Crippen molar-refractivity contribution in [2.75, 3.05) is 0 Å². The molecule has 0 saturated heterocycles. The highest BCUT2D eigenvalue weighted by Crippen LogP contribution is 2.40. The van der Waals surface area contributed by atoms with Crippen LogP contribution in [0.25, 0.3) is 37.9 Å². The minimum Gasteiger partial charge on any atom is -0.289 e. The fourth-order valence-corrected chi connectivity index (χ4v) is 4.49. The van der Waals surface area contributed by atoms with Crippen molar-refractivity contribution in [3.8, 4) is 33.0 Å². The van der Waals surface area contributed by atoms with Crippen molar-refractivity contribution in [3.05, 3.63) is 96.7 Å². The van der Waals surface area contributed by atoms with Gasteiger partial charge in [0.2, 0.25) is 0 Å². The molecular weight excluding hydrogens is 348 g/mol. The summed E-state index contributed by atoms with van der Waals surface area (Å²) in [7, 11) is 0. The van der Waals surface area contributed by atoms with Gasteiger partial charge in [-0.25, -0.2) is 4.98 Å². The fourth-order valence-electron chi connectivity index (χ4n) is 3.36. The molecule has 130 valence electrons. The standard InChI is InChI=1S/C24H18N2S/c1-17-12-14-20(15-13-17)23-22(19-10-6-3-7-11-19)26-16-21(25-24(26)27-23)18-8-4-2-5-9-18/h2-16H,1H3. The van der Waals surface area contributed by atoms with Crippen LogP contribution in [0.5, 0.6) is 0 Å². The molecule has 0 N–H and O–H groups in total. The lowest BCUT2D eigenvalue weighted by molar-refractivity contribution is 1.24. The van der Waals surface area contributed by atoms with Crippen molar-refractivity contribution in [1.82, 2.24) is 9.38 Å². The molecule has 2 nitrogen and oxygen atoms in total. The van der Waals surface area contributed by atoms with Crippen LogP contribution in [0.15, 0.2) is 91.1 Å². The van der Waals surface area contributed by atoms with E-state index in [1.54, 1.807) is 11.3 Å². The van der Waals surface area contributed by atoms with Crippen molar-refractivity contribution in [2.45, 2.75) is 6.92 Å². The first-order valence-corrected chi connectivity index (χ1v) is 9.81. The van der Waals surface area contributed by atoms with Crippen LogP contribution in [0.3, 0.4) is 0 Å². The molecule has 3 aromatic carbocycles. The Balaban J connectivity index is 1.75. The summed E-state index contributed by atoms with van der Waals surface area (Å²) in [5.74, 6) is 0. The highest BCUT2D eigenvalue weighted by Gasteiger charge is 2.18. The van der Waals surface area contributed by atoms with Crippen LogP contribution in [-0.4, -0.2) is 9.38 Å². The molecule has 0 amide bonds. The van der Waals surface area contributed by atoms with Crippen molar-refractivity contribution in [2.24, 2.45) is 0 Å². The van der Waals surface area contributed by atoms with Gasteiger partial charge in [-0.2, -0.15) is 0 Å². The molecule has 27 heavy (non-hydrogen) atoms. The molecule has 0 spiro atoms. The Morgan fingerprint density at radius 3 is 2.00 bits per heavy atom. The van der Waals surface area contributed by atoms with E-state index in [1.807, 2.05) is 6.07 Å². The molecule has 0 aliphatic carbocycles. The number of aromatic nitrogens is 2. The Bertz CT molecular complexity index is 1200. The number of thiazole rings is 1. The number of fused-ring (bicyclic) bond motifs is 1. The smallest absolute Gasteiger partial charge is 0.195 e. The quantitative estimate of drug-likeness (QED) is 0.347. The molecule has 0 atom stereocenters. The van der Waals surface area contributed by atoms with Gasteiger partial charge in [0.15, 0.2) is 4.96 Å². The van der Waals surface area contributed by atoms with E-state index in [1.165, 1.54) is 27.3 Å². The van der Waals surface area contributed by atoms with Crippen molar-refractivity contribution in [1.29, 1.82) is 0 Å². The minimum absolute atomic E-state index is 1.01. The van der Waals surface area contributed by atoms with Gasteiger partial charge in [-0.3, -0.25) is 4.40 Å². The summed E-state index contributed by atoms with van der Waals surface area (Å²) >= 11 is 1.75. The highest BCUT2D eigenvalue weighted by molar-refractivity contribution is 7.20. The monoisotopic (exact) mass is 366 g/mol. The maximum absolute atomic E-state index is 4.91. The van der Waals surface area contributed by atoms with Crippen LogP contribution in [0.4, 0.5) is 0 Å². The van der Waals surface area contributed by atoms with Crippen LogP contribution in [-0.2, 0) is 0 Å². The van der Waals surface area contributed by atoms with Gasteiger partial charge in [0.25, 0.3) is 0 Å². The molecule has 5 rings (SSSR count). The first-order valence-electron chi connectivity index (χ1n) is 8.99. The third kappa shape index (κ3) is 2.86. The third-order valence-corrected chi connectivity index (χ3v) is 5.86. The Morgan fingerprint density at radius 1 is 0.704 bits per heavy atom. The summed E-state index contributed by atoms with van der Waals surface area (Å²) in [5.41, 5.74) is 7.06. The van der Waals surface area contributed by atoms with Crippen LogP contribution in [0.1, 0.15) is 5.56 Å². The number of hydrogen-bond donors (Lipinski definition) is 0. The summed E-state index contributed by atoms with van der Waals surface area (Å²) < 4.78 is 2.23. The van der Waals surface area contributed by atoms with E-state index in [4.69, 9.17) is 4.98 Å². The van der Waals surface area contributed by atoms with Crippen molar-refractivity contribution >= 4 is 16.3 Å². The van der Waals surface area contributed by atoms with E-state index in [0.717, 1.165) is 16.2 Å². The number of hydrogen-bond acceptors (Lipinski definition) is 2. The number of rotatable bonds is 3. The zero-order chi connectivity index (χ0) is 18.2. The number of imidazole rings is 1. The first kappa shape index (κ1) is 16.0. The van der Waals surface area contributed by atoms with Gasteiger partial charge in [0, 0.05) is 17.3 Å². The average molecular weight is 366 g/mol. The second-order valence-corrected chi connectivity index (χ2v) is 7.63. The molecule has 0 fully saturated rings. The maximum Gasteiger partial charge on any atom is 0.195 e. The number of aryl methyl sites for hydroxylation is 1. The average Bonchev–Trinajstić information content (AvgIpc) is 3.28. The summed E-state index contributed by atoms with van der Waals surface area (Å²) in [6.07, 6.45) is 2.15.